The zero-order valence-electron chi connectivity index (χ0n) is 13.8. The normalized spacial score (nSPS) is 17.5. The second-order valence-electron chi connectivity index (χ2n) is 6.44. The highest BCUT2D eigenvalue weighted by molar-refractivity contribution is 7.93. The predicted molar refractivity (Wildman–Crippen MR) is 97.8 cm³/mol. The molecular weight excluding hydrogens is 337 g/mol. The molecule has 25 heavy (non-hydrogen) atoms. The number of hydrogen-bond acceptors (Lipinski definition) is 2. The Morgan fingerprint density at radius 2 is 1.80 bits per heavy atom. The highest BCUT2D eigenvalue weighted by atomic mass is 32.2. The summed E-state index contributed by atoms with van der Waals surface area (Å²) in [4.78, 5) is 0.287. The Morgan fingerprint density at radius 3 is 2.64 bits per heavy atom. The molecule has 0 aromatic heterocycles. The SMILES string of the molecule is CC1CCc2cc(F)ccc2N1S(=O)(=O)c1cccc2ccccc12. The average molecular weight is 355 g/mol. The van der Waals surface area contributed by atoms with Crippen molar-refractivity contribution in [3.8, 4) is 0 Å². The third-order valence-corrected chi connectivity index (χ3v) is 6.78. The maximum Gasteiger partial charge on any atom is 0.265 e. The summed E-state index contributed by atoms with van der Waals surface area (Å²) in [5.41, 5.74) is 1.31. The van der Waals surface area contributed by atoms with Crippen molar-refractivity contribution in [3.05, 3.63) is 72.0 Å². The average Bonchev–Trinajstić information content (AvgIpc) is 2.61. The molecule has 0 radical (unpaired) electrons. The van der Waals surface area contributed by atoms with Crippen LogP contribution in [0.5, 0.6) is 0 Å². The monoisotopic (exact) mass is 355 g/mol. The van der Waals surface area contributed by atoms with Crippen LogP contribution in [-0.4, -0.2) is 14.5 Å². The molecule has 1 atom stereocenters. The molecule has 0 amide bonds. The van der Waals surface area contributed by atoms with E-state index in [-0.39, 0.29) is 16.8 Å². The minimum atomic E-state index is -3.75. The van der Waals surface area contributed by atoms with Crippen molar-refractivity contribution in [2.45, 2.75) is 30.7 Å². The molecule has 5 heteroatoms. The van der Waals surface area contributed by atoms with Gasteiger partial charge in [-0.1, -0.05) is 36.4 Å². The highest BCUT2D eigenvalue weighted by Crippen LogP contribution is 2.37. The topological polar surface area (TPSA) is 37.4 Å². The van der Waals surface area contributed by atoms with E-state index in [1.54, 1.807) is 18.2 Å². The first kappa shape index (κ1) is 16.1. The van der Waals surface area contributed by atoms with E-state index in [0.717, 1.165) is 10.9 Å². The van der Waals surface area contributed by atoms with Gasteiger partial charge in [0.2, 0.25) is 0 Å². The van der Waals surface area contributed by atoms with Crippen molar-refractivity contribution in [2.24, 2.45) is 0 Å². The number of aryl methyl sites for hydroxylation is 1. The Balaban J connectivity index is 1.94. The van der Waals surface area contributed by atoms with Crippen LogP contribution in [0, 0.1) is 5.82 Å². The van der Waals surface area contributed by atoms with Crippen LogP contribution < -0.4 is 4.31 Å². The summed E-state index contributed by atoms with van der Waals surface area (Å²) in [7, 11) is -3.75. The van der Waals surface area contributed by atoms with Crippen molar-refractivity contribution < 1.29 is 12.8 Å². The lowest BCUT2D eigenvalue weighted by Gasteiger charge is -2.36. The molecule has 1 aliphatic rings. The van der Waals surface area contributed by atoms with Gasteiger partial charge in [0.15, 0.2) is 0 Å². The summed E-state index contributed by atoms with van der Waals surface area (Å²) in [6.07, 6.45) is 1.34. The molecule has 0 aliphatic carbocycles. The fourth-order valence-corrected chi connectivity index (χ4v) is 5.52. The van der Waals surface area contributed by atoms with E-state index >= 15 is 0 Å². The minimum absolute atomic E-state index is 0.179. The van der Waals surface area contributed by atoms with Crippen molar-refractivity contribution in [3.63, 3.8) is 0 Å². The Kier molecular flexibility index (Phi) is 3.76. The lowest BCUT2D eigenvalue weighted by atomic mass is 9.99. The molecule has 4 rings (SSSR count). The number of fused-ring (bicyclic) bond motifs is 2. The number of sulfonamides is 1. The summed E-state index contributed by atoms with van der Waals surface area (Å²) in [6, 6.07) is 16.9. The van der Waals surface area contributed by atoms with E-state index in [9.17, 15) is 12.8 Å². The van der Waals surface area contributed by atoms with E-state index in [2.05, 4.69) is 0 Å². The van der Waals surface area contributed by atoms with Crippen LogP contribution in [0.15, 0.2) is 65.6 Å². The minimum Gasteiger partial charge on any atom is -0.263 e. The first-order valence-electron chi connectivity index (χ1n) is 8.29. The van der Waals surface area contributed by atoms with Crippen molar-refractivity contribution in [1.29, 1.82) is 0 Å². The number of benzene rings is 3. The van der Waals surface area contributed by atoms with Gasteiger partial charge >= 0.3 is 0 Å². The number of anilines is 1. The smallest absolute Gasteiger partial charge is 0.263 e. The predicted octanol–water partition coefficient (Wildman–Crippen LogP) is 4.51. The number of hydrogen-bond donors (Lipinski definition) is 0. The first-order valence-corrected chi connectivity index (χ1v) is 9.73. The van der Waals surface area contributed by atoms with Gasteiger partial charge in [-0.3, -0.25) is 4.31 Å². The number of nitrogens with zero attached hydrogens (tertiary/aromatic N) is 1. The number of rotatable bonds is 2. The lowest BCUT2D eigenvalue weighted by Crippen LogP contribution is -2.42. The van der Waals surface area contributed by atoms with Gasteiger partial charge in [0.25, 0.3) is 10.0 Å². The molecule has 0 saturated heterocycles. The van der Waals surface area contributed by atoms with E-state index in [4.69, 9.17) is 0 Å². The van der Waals surface area contributed by atoms with Gasteiger partial charge in [-0.05, 0) is 55.0 Å². The van der Waals surface area contributed by atoms with E-state index in [1.807, 2.05) is 37.3 Å². The molecule has 1 aliphatic heterocycles. The molecule has 3 aromatic rings. The van der Waals surface area contributed by atoms with E-state index in [0.29, 0.717) is 23.9 Å². The standard InChI is InChI=1S/C20H18FNO2S/c1-14-9-10-16-13-17(21)11-12-19(16)22(14)25(23,24)20-8-4-6-15-5-2-3-7-18(15)20/h2-8,11-14H,9-10H2,1H3. The summed E-state index contributed by atoms with van der Waals surface area (Å²) in [6.45, 7) is 1.90. The largest absolute Gasteiger partial charge is 0.265 e. The molecule has 0 bridgehead atoms. The Bertz CT molecular complexity index is 1060. The molecule has 0 saturated carbocycles. The van der Waals surface area contributed by atoms with Gasteiger partial charge in [0.05, 0.1) is 10.6 Å². The van der Waals surface area contributed by atoms with Crippen LogP contribution in [0.4, 0.5) is 10.1 Å². The molecular formula is C20H18FNO2S. The number of halogens is 1. The van der Waals surface area contributed by atoms with Gasteiger partial charge in [-0.25, -0.2) is 12.8 Å². The summed E-state index contributed by atoms with van der Waals surface area (Å²) >= 11 is 0. The third-order valence-electron chi connectivity index (χ3n) is 4.80. The van der Waals surface area contributed by atoms with Crippen LogP contribution in [0.25, 0.3) is 10.8 Å². The summed E-state index contributed by atoms with van der Waals surface area (Å²) in [5, 5.41) is 1.58. The van der Waals surface area contributed by atoms with Crippen LogP contribution in [0.2, 0.25) is 0 Å². The molecule has 0 fully saturated rings. The van der Waals surface area contributed by atoms with Crippen LogP contribution in [0.3, 0.4) is 0 Å². The zero-order valence-corrected chi connectivity index (χ0v) is 14.6. The van der Waals surface area contributed by atoms with Crippen LogP contribution >= 0.6 is 0 Å². The van der Waals surface area contributed by atoms with Crippen molar-refractivity contribution in [2.75, 3.05) is 4.31 Å². The fraction of sp³-hybridized carbons (Fsp3) is 0.200. The first-order chi connectivity index (χ1) is 12.0. The van der Waals surface area contributed by atoms with Crippen molar-refractivity contribution in [1.82, 2.24) is 0 Å². The summed E-state index contributed by atoms with van der Waals surface area (Å²) in [5.74, 6) is -0.337. The second-order valence-corrected chi connectivity index (χ2v) is 8.22. The van der Waals surface area contributed by atoms with E-state index in [1.165, 1.54) is 16.4 Å². The van der Waals surface area contributed by atoms with Crippen LogP contribution in [-0.2, 0) is 16.4 Å². The fourth-order valence-electron chi connectivity index (χ4n) is 3.58. The molecule has 3 nitrogen and oxygen atoms in total. The molecule has 0 spiro atoms. The van der Waals surface area contributed by atoms with Gasteiger partial charge in [0.1, 0.15) is 5.82 Å². The van der Waals surface area contributed by atoms with Crippen LogP contribution in [0.1, 0.15) is 18.9 Å². The second kappa shape index (κ2) is 5.85. The Labute approximate surface area is 146 Å². The Hall–Kier alpha value is -2.40. The lowest BCUT2D eigenvalue weighted by molar-refractivity contribution is 0.561. The zero-order chi connectivity index (χ0) is 17.6. The molecule has 1 unspecified atom stereocenters. The van der Waals surface area contributed by atoms with Gasteiger partial charge < -0.3 is 0 Å². The maximum atomic E-state index is 13.6. The molecule has 0 N–H and O–H groups in total. The van der Waals surface area contributed by atoms with E-state index < -0.39 is 10.0 Å². The van der Waals surface area contributed by atoms with Gasteiger partial charge in [-0.2, -0.15) is 0 Å². The summed E-state index contributed by atoms with van der Waals surface area (Å²) < 4.78 is 42.0. The highest BCUT2D eigenvalue weighted by Gasteiger charge is 2.34. The molecule has 128 valence electrons. The van der Waals surface area contributed by atoms with Gasteiger partial charge in [-0.15, -0.1) is 0 Å². The Morgan fingerprint density at radius 1 is 1.04 bits per heavy atom. The van der Waals surface area contributed by atoms with Gasteiger partial charge in [0, 0.05) is 11.4 Å². The molecule has 1 heterocycles. The maximum absolute atomic E-state index is 13.6. The van der Waals surface area contributed by atoms with Crippen molar-refractivity contribution >= 4 is 26.5 Å². The third kappa shape index (κ3) is 2.59. The molecule has 3 aromatic carbocycles. The quantitative estimate of drug-likeness (QED) is 0.678.